The minimum atomic E-state index is -0.277. The summed E-state index contributed by atoms with van der Waals surface area (Å²) in [5.74, 6) is 0.918. The van der Waals surface area contributed by atoms with E-state index in [1.54, 1.807) is 39.3 Å². The minimum Gasteiger partial charge on any atom is -0.497 e. The summed E-state index contributed by atoms with van der Waals surface area (Å²) in [6.45, 7) is 1.78. The van der Waals surface area contributed by atoms with Gasteiger partial charge in [-0.15, -0.1) is 0 Å². The van der Waals surface area contributed by atoms with Crippen LogP contribution in [0.1, 0.15) is 16.1 Å². The van der Waals surface area contributed by atoms with Crippen LogP contribution < -0.4 is 14.8 Å². The predicted molar refractivity (Wildman–Crippen MR) is 86.0 cm³/mol. The number of thioether (sulfide) groups is 1. The average Bonchev–Trinajstić information content (AvgIpc) is 2.53. The van der Waals surface area contributed by atoms with Crippen LogP contribution in [0.25, 0.3) is 0 Å². The summed E-state index contributed by atoms with van der Waals surface area (Å²) in [6.07, 6.45) is 3.41. The molecular weight excluding hydrogens is 302 g/mol. The molecule has 7 heteroatoms. The quantitative estimate of drug-likeness (QED) is 0.675. The van der Waals surface area contributed by atoms with E-state index >= 15 is 0 Å². The summed E-state index contributed by atoms with van der Waals surface area (Å²) in [4.78, 5) is 20.7. The molecule has 116 valence electrons. The Morgan fingerprint density at radius 3 is 2.32 bits per heavy atom. The second-order valence-corrected chi connectivity index (χ2v) is 5.18. The molecule has 0 fully saturated rings. The summed E-state index contributed by atoms with van der Waals surface area (Å²) in [5.41, 5.74) is 1.64. The standard InChI is InChI=1S/C15H17N3O3S/c1-9-13(8-16-15(17-9)22-4)14(19)18-10-5-11(20-2)7-12(6-10)21-3/h5-8H,1-4H3,(H,18,19). The van der Waals surface area contributed by atoms with E-state index < -0.39 is 0 Å². The highest BCUT2D eigenvalue weighted by atomic mass is 32.2. The molecule has 0 aliphatic carbocycles. The second kappa shape index (κ2) is 7.13. The van der Waals surface area contributed by atoms with Gasteiger partial charge in [-0.25, -0.2) is 9.97 Å². The number of benzene rings is 1. The Kier molecular flexibility index (Phi) is 5.21. The van der Waals surface area contributed by atoms with Gasteiger partial charge in [-0.2, -0.15) is 0 Å². The van der Waals surface area contributed by atoms with Crippen LogP contribution in [0.3, 0.4) is 0 Å². The molecule has 0 bridgehead atoms. The first-order valence-electron chi connectivity index (χ1n) is 6.49. The molecule has 1 aromatic heterocycles. The first-order chi connectivity index (χ1) is 10.6. The number of methoxy groups -OCH3 is 2. The van der Waals surface area contributed by atoms with Gasteiger partial charge in [-0.1, -0.05) is 11.8 Å². The first-order valence-corrected chi connectivity index (χ1v) is 7.72. The highest BCUT2D eigenvalue weighted by molar-refractivity contribution is 7.98. The van der Waals surface area contributed by atoms with E-state index in [1.807, 2.05) is 6.26 Å². The molecule has 0 unspecified atom stereocenters. The zero-order valence-corrected chi connectivity index (χ0v) is 13.7. The van der Waals surface area contributed by atoms with Crippen molar-refractivity contribution < 1.29 is 14.3 Å². The van der Waals surface area contributed by atoms with Crippen molar-refractivity contribution in [3.8, 4) is 11.5 Å². The molecule has 1 aromatic carbocycles. The Balaban J connectivity index is 2.25. The molecule has 6 nitrogen and oxygen atoms in total. The van der Waals surface area contributed by atoms with Gasteiger partial charge in [0, 0.05) is 30.1 Å². The molecule has 0 aliphatic heterocycles. The van der Waals surface area contributed by atoms with Crippen molar-refractivity contribution in [1.29, 1.82) is 0 Å². The highest BCUT2D eigenvalue weighted by Gasteiger charge is 2.13. The highest BCUT2D eigenvalue weighted by Crippen LogP contribution is 2.26. The van der Waals surface area contributed by atoms with Gasteiger partial charge in [0.2, 0.25) is 0 Å². The summed E-state index contributed by atoms with van der Waals surface area (Å²) in [6, 6.07) is 5.16. The fourth-order valence-corrected chi connectivity index (χ4v) is 2.23. The lowest BCUT2D eigenvalue weighted by molar-refractivity contribution is 0.102. The molecule has 1 heterocycles. The Bertz CT molecular complexity index is 669. The smallest absolute Gasteiger partial charge is 0.259 e. The van der Waals surface area contributed by atoms with E-state index in [1.165, 1.54) is 18.0 Å². The number of rotatable bonds is 5. The van der Waals surface area contributed by atoms with Gasteiger partial charge in [0.05, 0.1) is 25.5 Å². The van der Waals surface area contributed by atoms with Gasteiger partial charge >= 0.3 is 0 Å². The van der Waals surface area contributed by atoms with Crippen LogP contribution in [0.4, 0.5) is 5.69 Å². The van der Waals surface area contributed by atoms with Gasteiger partial charge in [-0.3, -0.25) is 4.79 Å². The molecule has 0 atom stereocenters. The van der Waals surface area contributed by atoms with Crippen LogP contribution in [0.5, 0.6) is 11.5 Å². The third kappa shape index (κ3) is 3.67. The summed E-state index contributed by atoms with van der Waals surface area (Å²) in [5, 5.41) is 3.44. The van der Waals surface area contributed by atoms with Crippen molar-refractivity contribution in [2.75, 3.05) is 25.8 Å². The maximum absolute atomic E-state index is 12.4. The van der Waals surface area contributed by atoms with Crippen LogP contribution >= 0.6 is 11.8 Å². The van der Waals surface area contributed by atoms with E-state index in [2.05, 4.69) is 15.3 Å². The van der Waals surface area contributed by atoms with Gasteiger partial charge < -0.3 is 14.8 Å². The predicted octanol–water partition coefficient (Wildman–Crippen LogP) is 2.78. The van der Waals surface area contributed by atoms with Crippen LogP contribution in [-0.2, 0) is 0 Å². The van der Waals surface area contributed by atoms with Crippen molar-refractivity contribution in [3.63, 3.8) is 0 Å². The molecule has 0 saturated carbocycles. The fourth-order valence-electron chi connectivity index (χ4n) is 1.85. The zero-order chi connectivity index (χ0) is 16.1. The monoisotopic (exact) mass is 319 g/mol. The number of carbonyl (C=O) groups excluding carboxylic acids is 1. The van der Waals surface area contributed by atoms with E-state index in [-0.39, 0.29) is 5.91 Å². The number of hydrogen-bond donors (Lipinski definition) is 1. The van der Waals surface area contributed by atoms with E-state index in [4.69, 9.17) is 9.47 Å². The molecule has 2 aromatic rings. The third-order valence-corrected chi connectivity index (χ3v) is 3.56. The third-order valence-electron chi connectivity index (χ3n) is 2.99. The van der Waals surface area contributed by atoms with Crippen LogP contribution in [0, 0.1) is 6.92 Å². The van der Waals surface area contributed by atoms with Gasteiger partial charge in [0.1, 0.15) is 11.5 Å². The lowest BCUT2D eigenvalue weighted by Crippen LogP contribution is -2.15. The van der Waals surface area contributed by atoms with Crippen molar-refractivity contribution in [3.05, 3.63) is 35.7 Å². The topological polar surface area (TPSA) is 73.3 Å². The van der Waals surface area contributed by atoms with Crippen molar-refractivity contribution in [1.82, 2.24) is 9.97 Å². The normalized spacial score (nSPS) is 10.2. The maximum atomic E-state index is 12.4. The molecule has 0 radical (unpaired) electrons. The Hall–Kier alpha value is -2.28. The largest absolute Gasteiger partial charge is 0.497 e. The van der Waals surface area contributed by atoms with E-state index in [0.29, 0.717) is 33.6 Å². The lowest BCUT2D eigenvalue weighted by Gasteiger charge is -2.10. The maximum Gasteiger partial charge on any atom is 0.259 e. The SMILES string of the molecule is COc1cc(NC(=O)c2cnc(SC)nc2C)cc(OC)c1. The number of amides is 1. The molecule has 1 N–H and O–H groups in total. The Labute approximate surface area is 133 Å². The average molecular weight is 319 g/mol. The number of nitrogens with one attached hydrogen (secondary N) is 1. The minimum absolute atomic E-state index is 0.277. The summed E-state index contributed by atoms with van der Waals surface area (Å²) in [7, 11) is 3.11. The number of anilines is 1. The molecule has 1 amide bonds. The van der Waals surface area contributed by atoms with E-state index in [0.717, 1.165) is 0 Å². The van der Waals surface area contributed by atoms with Gasteiger partial charge in [0.25, 0.3) is 5.91 Å². The first kappa shape index (κ1) is 16.1. The molecule has 0 saturated heterocycles. The summed E-state index contributed by atoms with van der Waals surface area (Å²) >= 11 is 1.43. The molecule has 0 spiro atoms. The van der Waals surface area contributed by atoms with Crippen LogP contribution in [0.15, 0.2) is 29.6 Å². The van der Waals surface area contributed by atoms with Gasteiger partial charge in [0.15, 0.2) is 5.16 Å². The number of carbonyl (C=O) groups is 1. The Morgan fingerprint density at radius 1 is 1.18 bits per heavy atom. The van der Waals surface area contributed by atoms with Crippen molar-refractivity contribution in [2.45, 2.75) is 12.1 Å². The Morgan fingerprint density at radius 2 is 1.82 bits per heavy atom. The van der Waals surface area contributed by atoms with Crippen molar-refractivity contribution in [2.24, 2.45) is 0 Å². The number of aryl methyl sites for hydroxylation is 1. The second-order valence-electron chi connectivity index (χ2n) is 4.41. The number of hydrogen-bond acceptors (Lipinski definition) is 6. The number of ether oxygens (including phenoxy) is 2. The van der Waals surface area contributed by atoms with Gasteiger partial charge in [-0.05, 0) is 13.2 Å². The van der Waals surface area contributed by atoms with Crippen molar-refractivity contribution >= 4 is 23.4 Å². The zero-order valence-electron chi connectivity index (χ0n) is 12.8. The molecule has 2 rings (SSSR count). The van der Waals surface area contributed by atoms with Crippen LogP contribution in [0.2, 0.25) is 0 Å². The van der Waals surface area contributed by atoms with E-state index in [9.17, 15) is 4.79 Å². The number of aromatic nitrogens is 2. The molecule has 22 heavy (non-hydrogen) atoms. The molecular formula is C15H17N3O3S. The molecule has 0 aliphatic rings. The fraction of sp³-hybridized carbons (Fsp3) is 0.267. The number of nitrogens with zero attached hydrogens (tertiary/aromatic N) is 2. The lowest BCUT2D eigenvalue weighted by atomic mass is 10.2. The summed E-state index contributed by atoms with van der Waals surface area (Å²) < 4.78 is 10.4. The van der Waals surface area contributed by atoms with Crippen LogP contribution in [-0.4, -0.2) is 36.4 Å².